The molecule has 2 rings (SSSR count). The molecule has 0 radical (unpaired) electrons. The van der Waals surface area contributed by atoms with E-state index < -0.39 is 0 Å². The molecule has 18 heavy (non-hydrogen) atoms. The Kier molecular flexibility index (Phi) is 4.05. The van der Waals surface area contributed by atoms with Gasteiger partial charge in [0.05, 0.1) is 12.2 Å². The molecule has 1 heterocycles. The summed E-state index contributed by atoms with van der Waals surface area (Å²) in [6, 6.07) is 10.7. The highest BCUT2D eigenvalue weighted by Gasteiger charge is 2.31. The molecule has 1 saturated heterocycles. The van der Waals surface area contributed by atoms with Crippen LogP contribution in [0.15, 0.2) is 30.3 Å². The number of morpholine rings is 1. The molecule has 0 bridgehead atoms. The molecule has 0 saturated carbocycles. The van der Waals surface area contributed by atoms with Gasteiger partial charge >= 0.3 is 0 Å². The molecule has 0 aliphatic carbocycles. The summed E-state index contributed by atoms with van der Waals surface area (Å²) >= 11 is 0. The Morgan fingerprint density at radius 1 is 1.28 bits per heavy atom. The number of hydrogen-bond acceptors (Lipinski definition) is 3. The molecule has 100 valence electrons. The van der Waals surface area contributed by atoms with E-state index in [4.69, 9.17) is 10.5 Å². The highest BCUT2D eigenvalue weighted by molar-refractivity contribution is 5.20. The summed E-state index contributed by atoms with van der Waals surface area (Å²) in [5.74, 6) is 0. The number of nitrogens with two attached hydrogens (primary N) is 1. The number of rotatable bonds is 3. The summed E-state index contributed by atoms with van der Waals surface area (Å²) in [6.45, 7) is 9.18. The van der Waals surface area contributed by atoms with Crippen molar-refractivity contribution in [3.8, 4) is 0 Å². The van der Waals surface area contributed by atoms with Crippen molar-refractivity contribution >= 4 is 0 Å². The third-order valence-corrected chi connectivity index (χ3v) is 3.74. The minimum Gasteiger partial charge on any atom is -0.373 e. The van der Waals surface area contributed by atoms with Gasteiger partial charge < -0.3 is 10.5 Å². The first-order valence-corrected chi connectivity index (χ1v) is 6.68. The van der Waals surface area contributed by atoms with Crippen LogP contribution in [0.4, 0.5) is 0 Å². The lowest BCUT2D eigenvalue weighted by atomic mass is 9.98. The first-order chi connectivity index (χ1) is 8.49. The van der Waals surface area contributed by atoms with Crippen molar-refractivity contribution in [1.82, 2.24) is 4.90 Å². The first-order valence-electron chi connectivity index (χ1n) is 6.68. The van der Waals surface area contributed by atoms with Crippen molar-refractivity contribution in [2.45, 2.75) is 38.5 Å². The maximum absolute atomic E-state index is 6.38. The normalized spacial score (nSPS) is 23.6. The molecule has 1 aromatic carbocycles. The summed E-state index contributed by atoms with van der Waals surface area (Å²) in [4.78, 5) is 2.43. The van der Waals surface area contributed by atoms with E-state index in [9.17, 15) is 0 Å². The highest BCUT2D eigenvalue weighted by Crippen LogP contribution is 2.24. The Bertz CT molecular complexity index is 377. The second-order valence-corrected chi connectivity index (χ2v) is 5.76. The molecule has 1 aliphatic heterocycles. The van der Waals surface area contributed by atoms with Gasteiger partial charge in [0, 0.05) is 25.2 Å². The highest BCUT2D eigenvalue weighted by atomic mass is 16.5. The number of ether oxygens (including phenoxy) is 1. The smallest absolute Gasteiger partial charge is 0.0753 e. The van der Waals surface area contributed by atoms with Crippen LogP contribution in [0, 0.1) is 0 Å². The van der Waals surface area contributed by atoms with E-state index in [1.807, 2.05) is 18.2 Å². The first kappa shape index (κ1) is 13.5. The Balaban J connectivity index is 2.05. The van der Waals surface area contributed by atoms with E-state index in [-0.39, 0.29) is 11.6 Å². The molecular formula is C15H24N2O. The number of benzene rings is 1. The predicted molar refractivity (Wildman–Crippen MR) is 74.4 cm³/mol. The van der Waals surface area contributed by atoms with Crippen molar-refractivity contribution in [2.24, 2.45) is 5.73 Å². The van der Waals surface area contributed by atoms with Gasteiger partial charge in [-0.3, -0.25) is 4.90 Å². The average molecular weight is 248 g/mol. The Morgan fingerprint density at radius 3 is 2.56 bits per heavy atom. The zero-order chi connectivity index (χ0) is 13.2. The van der Waals surface area contributed by atoms with Gasteiger partial charge in [-0.1, -0.05) is 30.3 Å². The van der Waals surface area contributed by atoms with E-state index in [0.29, 0.717) is 6.04 Å². The zero-order valence-electron chi connectivity index (χ0n) is 11.6. The van der Waals surface area contributed by atoms with Crippen molar-refractivity contribution < 1.29 is 4.74 Å². The maximum atomic E-state index is 6.38. The molecule has 3 heteroatoms. The summed E-state index contributed by atoms with van der Waals surface area (Å²) in [7, 11) is 0. The van der Waals surface area contributed by atoms with Gasteiger partial charge in [-0.2, -0.15) is 0 Å². The van der Waals surface area contributed by atoms with Crippen molar-refractivity contribution in [1.29, 1.82) is 0 Å². The largest absolute Gasteiger partial charge is 0.373 e. The van der Waals surface area contributed by atoms with Crippen LogP contribution in [0.5, 0.6) is 0 Å². The minimum absolute atomic E-state index is 0.0556. The van der Waals surface area contributed by atoms with Gasteiger partial charge in [0.15, 0.2) is 0 Å². The van der Waals surface area contributed by atoms with Gasteiger partial charge in [0.25, 0.3) is 0 Å². The molecular weight excluding hydrogens is 224 g/mol. The van der Waals surface area contributed by atoms with Crippen LogP contribution in [0.3, 0.4) is 0 Å². The van der Waals surface area contributed by atoms with Crippen LogP contribution in [0.1, 0.15) is 32.4 Å². The van der Waals surface area contributed by atoms with Crippen LogP contribution >= 0.6 is 0 Å². The minimum atomic E-state index is -0.0665. The van der Waals surface area contributed by atoms with Gasteiger partial charge in [-0.25, -0.2) is 0 Å². The molecule has 3 nitrogen and oxygen atoms in total. The molecule has 1 fully saturated rings. The van der Waals surface area contributed by atoms with Gasteiger partial charge in [0.2, 0.25) is 0 Å². The third-order valence-electron chi connectivity index (χ3n) is 3.74. The maximum Gasteiger partial charge on any atom is 0.0753 e. The van der Waals surface area contributed by atoms with Crippen molar-refractivity contribution in [3.05, 3.63) is 35.9 Å². The SMILES string of the molecule is CC(C(N)c1ccccc1)N1CCOC(C)(C)C1. The van der Waals surface area contributed by atoms with Crippen LogP contribution in [-0.4, -0.2) is 36.2 Å². The van der Waals surface area contributed by atoms with E-state index >= 15 is 0 Å². The van der Waals surface area contributed by atoms with E-state index in [2.05, 4.69) is 37.8 Å². The number of hydrogen-bond donors (Lipinski definition) is 1. The van der Waals surface area contributed by atoms with Crippen LogP contribution in [-0.2, 0) is 4.74 Å². The topological polar surface area (TPSA) is 38.5 Å². The molecule has 0 amide bonds. The predicted octanol–water partition coefficient (Wildman–Crippen LogP) is 2.19. The summed E-state index contributed by atoms with van der Waals surface area (Å²) in [6.07, 6.45) is 0. The second-order valence-electron chi connectivity index (χ2n) is 5.76. The fourth-order valence-corrected chi connectivity index (χ4v) is 2.58. The summed E-state index contributed by atoms with van der Waals surface area (Å²) in [5, 5.41) is 0. The molecule has 2 N–H and O–H groups in total. The molecule has 1 aliphatic rings. The summed E-state index contributed by atoms with van der Waals surface area (Å²) in [5.41, 5.74) is 7.51. The van der Waals surface area contributed by atoms with Gasteiger partial charge in [-0.05, 0) is 26.3 Å². The van der Waals surface area contributed by atoms with Crippen LogP contribution in [0.2, 0.25) is 0 Å². The lowest BCUT2D eigenvalue weighted by molar-refractivity contribution is -0.0975. The average Bonchev–Trinajstić information content (AvgIpc) is 2.37. The van der Waals surface area contributed by atoms with E-state index in [1.54, 1.807) is 0 Å². The quantitative estimate of drug-likeness (QED) is 0.891. The fourth-order valence-electron chi connectivity index (χ4n) is 2.58. The zero-order valence-corrected chi connectivity index (χ0v) is 11.6. The van der Waals surface area contributed by atoms with Crippen molar-refractivity contribution in [2.75, 3.05) is 19.7 Å². The molecule has 0 aromatic heterocycles. The van der Waals surface area contributed by atoms with Crippen LogP contribution in [0.25, 0.3) is 0 Å². The lowest BCUT2D eigenvalue weighted by Gasteiger charge is -2.42. The molecule has 1 aromatic rings. The van der Waals surface area contributed by atoms with E-state index in [1.165, 1.54) is 5.56 Å². The Morgan fingerprint density at radius 2 is 1.94 bits per heavy atom. The second kappa shape index (κ2) is 5.39. The standard InChI is InChI=1S/C15H24N2O/c1-12(14(16)13-7-5-4-6-8-13)17-9-10-18-15(2,3)11-17/h4-8,12,14H,9-11,16H2,1-3H3. The Labute approximate surface area is 110 Å². The molecule has 0 spiro atoms. The van der Waals surface area contributed by atoms with Crippen molar-refractivity contribution in [3.63, 3.8) is 0 Å². The third kappa shape index (κ3) is 3.10. The monoisotopic (exact) mass is 248 g/mol. The molecule has 2 unspecified atom stereocenters. The van der Waals surface area contributed by atoms with Gasteiger partial charge in [0.1, 0.15) is 0 Å². The van der Waals surface area contributed by atoms with Gasteiger partial charge in [-0.15, -0.1) is 0 Å². The van der Waals surface area contributed by atoms with Crippen LogP contribution < -0.4 is 5.73 Å². The summed E-state index contributed by atoms with van der Waals surface area (Å²) < 4.78 is 5.75. The lowest BCUT2D eigenvalue weighted by Crippen LogP contribution is -2.53. The molecule has 2 atom stereocenters. The Hall–Kier alpha value is -0.900. The fraction of sp³-hybridized carbons (Fsp3) is 0.600. The number of nitrogens with zero attached hydrogens (tertiary/aromatic N) is 1. The van der Waals surface area contributed by atoms with E-state index in [0.717, 1.165) is 19.7 Å².